The van der Waals surface area contributed by atoms with E-state index in [1.807, 2.05) is 60.7 Å². The number of nitrogens with one attached hydrogen (secondary N) is 1. The standard InChI is InChI=1S/C22H18NO3/c23-20(24)15-18-13-7-8-14-19(18)22(25)26-21(16-9-3-1-4-10-16)17-11-5-2-6-12-17/h1-14,21,23H,15H2. The van der Waals surface area contributed by atoms with Gasteiger partial charge in [0.1, 0.15) is 0 Å². The first kappa shape index (κ1) is 17.4. The largest absolute Gasteiger partial charge is 0.449 e. The Labute approximate surface area is 152 Å². The van der Waals surface area contributed by atoms with E-state index in [0.29, 0.717) is 11.1 Å². The lowest BCUT2D eigenvalue weighted by atomic mass is 10.0. The molecular weight excluding hydrogens is 326 g/mol. The van der Waals surface area contributed by atoms with Crippen LogP contribution in [0.1, 0.15) is 33.2 Å². The third-order valence-electron chi connectivity index (χ3n) is 4.02. The number of carbonyl (C=O) groups excluding carboxylic acids is 2. The van der Waals surface area contributed by atoms with Gasteiger partial charge in [0.2, 0.25) is 5.91 Å². The summed E-state index contributed by atoms with van der Waals surface area (Å²) in [5.41, 5.74) is 9.70. The van der Waals surface area contributed by atoms with Crippen molar-refractivity contribution in [2.24, 2.45) is 0 Å². The van der Waals surface area contributed by atoms with Crippen LogP contribution in [-0.2, 0) is 16.0 Å². The number of esters is 1. The first-order valence-electron chi connectivity index (χ1n) is 8.28. The molecule has 129 valence electrons. The molecule has 4 heteroatoms. The zero-order valence-electron chi connectivity index (χ0n) is 14.1. The van der Waals surface area contributed by atoms with Gasteiger partial charge in [0.25, 0.3) is 0 Å². The molecule has 1 amide bonds. The van der Waals surface area contributed by atoms with Crippen LogP contribution >= 0.6 is 0 Å². The van der Waals surface area contributed by atoms with Crippen LogP contribution in [0.15, 0.2) is 84.9 Å². The van der Waals surface area contributed by atoms with Gasteiger partial charge in [0, 0.05) is 0 Å². The highest BCUT2D eigenvalue weighted by molar-refractivity contribution is 5.93. The molecule has 0 saturated heterocycles. The minimum Gasteiger partial charge on any atom is -0.449 e. The molecule has 3 aromatic carbocycles. The van der Waals surface area contributed by atoms with Crippen LogP contribution < -0.4 is 5.73 Å². The van der Waals surface area contributed by atoms with Gasteiger partial charge in [-0.3, -0.25) is 10.5 Å². The lowest BCUT2D eigenvalue weighted by Gasteiger charge is -2.19. The molecular formula is C22H18NO3. The summed E-state index contributed by atoms with van der Waals surface area (Å²) in [4.78, 5) is 24.0. The van der Waals surface area contributed by atoms with E-state index in [4.69, 9.17) is 10.5 Å². The maximum Gasteiger partial charge on any atom is 0.339 e. The average molecular weight is 344 g/mol. The Balaban J connectivity index is 1.93. The highest BCUT2D eigenvalue weighted by Gasteiger charge is 2.22. The Kier molecular flexibility index (Phi) is 5.44. The van der Waals surface area contributed by atoms with E-state index in [1.165, 1.54) is 0 Å². The molecule has 0 unspecified atom stereocenters. The second kappa shape index (κ2) is 8.12. The number of hydrogen-bond donors (Lipinski definition) is 0. The molecule has 0 spiro atoms. The van der Waals surface area contributed by atoms with E-state index in [2.05, 4.69) is 0 Å². The topological polar surface area (TPSA) is 67.2 Å². The van der Waals surface area contributed by atoms with Crippen LogP contribution in [0.25, 0.3) is 0 Å². The molecule has 0 atom stereocenters. The lowest BCUT2D eigenvalue weighted by Crippen LogP contribution is -2.16. The maximum atomic E-state index is 12.8. The van der Waals surface area contributed by atoms with Gasteiger partial charge in [-0.05, 0) is 22.8 Å². The molecule has 3 aromatic rings. The van der Waals surface area contributed by atoms with Gasteiger partial charge in [-0.25, -0.2) is 4.79 Å². The quantitative estimate of drug-likeness (QED) is 0.635. The predicted molar refractivity (Wildman–Crippen MR) is 98.4 cm³/mol. The van der Waals surface area contributed by atoms with Crippen molar-refractivity contribution in [1.29, 1.82) is 0 Å². The van der Waals surface area contributed by atoms with Crippen LogP contribution in [0.2, 0.25) is 0 Å². The van der Waals surface area contributed by atoms with Crippen molar-refractivity contribution in [3.63, 3.8) is 0 Å². The van der Waals surface area contributed by atoms with Gasteiger partial charge in [0.15, 0.2) is 6.10 Å². The number of hydrogen-bond acceptors (Lipinski definition) is 3. The molecule has 0 heterocycles. The lowest BCUT2D eigenvalue weighted by molar-refractivity contribution is -0.118. The molecule has 1 N–H and O–H groups in total. The Hall–Kier alpha value is -3.40. The molecule has 1 radical (unpaired) electrons. The van der Waals surface area contributed by atoms with Crippen molar-refractivity contribution in [3.8, 4) is 0 Å². The van der Waals surface area contributed by atoms with Crippen molar-refractivity contribution in [1.82, 2.24) is 5.73 Å². The fourth-order valence-corrected chi connectivity index (χ4v) is 2.80. The van der Waals surface area contributed by atoms with Gasteiger partial charge in [-0.2, -0.15) is 0 Å². The van der Waals surface area contributed by atoms with Crippen molar-refractivity contribution in [3.05, 3.63) is 107 Å². The van der Waals surface area contributed by atoms with E-state index in [-0.39, 0.29) is 6.42 Å². The summed E-state index contributed by atoms with van der Waals surface area (Å²) in [5, 5.41) is 0. The second-order valence-corrected chi connectivity index (χ2v) is 5.86. The SMILES string of the molecule is [NH]C(=O)Cc1ccccc1C(=O)OC(c1ccccc1)c1ccccc1. The highest BCUT2D eigenvalue weighted by Crippen LogP contribution is 2.27. The molecule has 0 aliphatic heterocycles. The first-order chi connectivity index (χ1) is 12.6. The third kappa shape index (κ3) is 4.16. The second-order valence-electron chi connectivity index (χ2n) is 5.86. The fraction of sp³-hybridized carbons (Fsp3) is 0.0909. The number of rotatable bonds is 6. The zero-order valence-corrected chi connectivity index (χ0v) is 14.1. The molecule has 0 aromatic heterocycles. The van der Waals surface area contributed by atoms with Crippen molar-refractivity contribution in [2.75, 3.05) is 0 Å². The molecule has 0 aliphatic rings. The number of amides is 1. The van der Waals surface area contributed by atoms with Gasteiger partial charge in [-0.15, -0.1) is 0 Å². The summed E-state index contributed by atoms with van der Waals surface area (Å²) in [5.74, 6) is -1.26. The van der Waals surface area contributed by atoms with Crippen LogP contribution in [0.4, 0.5) is 0 Å². The maximum absolute atomic E-state index is 12.8. The Morgan fingerprint density at radius 3 is 1.81 bits per heavy atom. The summed E-state index contributed by atoms with van der Waals surface area (Å²) in [6.07, 6.45) is -0.670. The fourth-order valence-electron chi connectivity index (χ4n) is 2.80. The minimum atomic E-state index is -0.743. The zero-order chi connectivity index (χ0) is 18.4. The minimum absolute atomic E-state index is 0.118. The summed E-state index contributed by atoms with van der Waals surface area (Å²) in [6.45, 7) is 0. The monoisotopic (exact) mass is 344 g/mol. The van der Waals surface area contributed by atoms with E-state index in [1.54, 1.807) is 24.3 Å². The van der Waals surface area contributed by atoms with Crippen LogP contribution in [0, 0.1) is 0 Å². The van der Waals surface area contributed by atoms with Gasteiger partial charge < -0.3 is 4.74 Å². The smallest absolute Gasteiger partial charge is 0.339 e. The summed E-state index contributed by atoms with van der Waals surface area (Å²) >= 11 is 0. The molecule has 0 bridgehead atoms. The molecule has 4 nitrogen and oxygen atoms in total. The predicted octanol–water partition coefficient (Wildman–Crippen LogP) is 3.99. The Morgan fingerprint density at radius 1 is 0.769 bits per heavy atom. The number of benzene rings is 3. The van der Waals surface area contributed by atoms with E-state index in [9.17, 15) is 9.59 Å². The molecule has 26 heavy (non-hydrogen) atoms. The molecule has 3 rings (SSSR count). The summed E-state index contributed by atoms with van der Waals surface area (Å²) in [6, 6.07) is 25.8. The number of carbonyl (C=O) groups is 2. The van der Waals surface area contributed by atoms with Gasteiger partial charge >= 0.3 is 5.97 Å². The van der Waals surface area contributed by atoms with Crippen LogP contribution in [-0.4, -0.2) is 11.9 Å². The Bertz CT molecular complexity index is 852. The van der Waals surface area contributed by atoms with Crippen molar-refractivity contribution in [2.45, 2.75) is 12.5 Å². The van der Waals surface area contributed by atoms with Gasteiger partial charge in [0.05, 0.1) is 12.0 Å². The molecule has 0 saturated carbocycles. The van der Waals surface area contributed by atoms with Gasteiger partial charge in [-0.1, -0.05) is 78.9 Å². The Morgan fingerprint density at radius 2 is 1.27 bits per heavy atom. The van der Waals surface area contributed by atoms with E-state index < -0.39 is 18.0 Å². The average Bonchev–Trinajstić information content (AvgIpc) is 2.67. The van der Waals surface area contributed by atoms with Crippen molar-refractivity contribution < 1.29 is 14.3 Å². The third-order valence-corrected chi connectivity index (χ3v) is 4.02. The van der Waals surface area contributed by atoms with E-state index in [0.717, 1.165) is 11.1 Å². The van der Waals surface area contributed by atoms with Crippen LogP contribution in [0.5, 0.6) is 0 Å². The molecule has 0 fully saturated rings. The van der Waals surface area contributed by atoms with Crippen molar-refractivity contribution >= 4 is 11.9 Å². The summed E-state index contributed by atoms with van der Waals surface area (Å²) < 4.78 is 5.82. The summed E-state index contributed by atoms with van der Waals surface area (Å²) in [7, 11) is 0. The number of ether oxygens (including phenoxy) is 1. The first-order valence-corrected chi connectivity index (χ1v) is 8.28. The highest BCUT2D eigenvalue weighted by atomic mass is 16.5. The normalized spacial score (nSPS) is 10.5. The van der Waals surface area contributed by atoms with E-state index >= 15 is 0 Å². The van der Waals surface area contributed by atoms with Crippen LogP contribution in [0.3, 0.4) is 0 Å². The molecule has 0 aliphatic carbocycles.